The minimum Gasteiger partial charge on any atom is -0.507 e. The number of hydrogen-bond donors (Lipinski definition) is 2. The number of benzene rings is 3. The van der Waals surface area contributed by atoms with Gasteiger partial charge in [-0.05, 0) is 42.0 Å². The molecule has 29 heavy (non-hydrogen) atoms. The molecule has 1 heterocycles. The van der Waals surface area contributed by atoms with Crippen molar-refractivity contribution in [3.63, 3.8) is 0 Å². The highest BCUT2D eigenvalue weighted by molar-refractivity contribution is 6.17. The summed E-state index contributed by atoms with van der Waals surface area (Å²) in [5.74, 6) is -2.03. The number of amides is 1. The predicted molar refractivity (Wildman–Crippen MR) is 104 cm³/mol. The number of rotatable bonds is 2. The fourth-order valence-electron chi connectivity index (χ4n) is 3.16. The highest BCUT2D eigenvalue weighted by atomic mass is 19.1. The third-order valence-electron chi connectivity index (χ3n) is 4.51. The monoisotopic (exact) mass is 389 g/mol. The Balaban J connectivity index is 1.85. The highest BCUT2D eigenvalue weighted by Gasteiger charge is 2.21. The summed E-state index contributed by atoms with van der Waals surface area (Å²) in [6.45, 7) is 0. The van der Waals surface area contributed by atoms with Crippen molar-refractivity contribution in [1.82, 2.24) is 0 Å². The molecular weight excluding hydrogens is 376 g/mol. The molecule has 7 heteroatoms. The molecule has 5 nitrogen and oxygen atoms in total. The number of fused-ring (bicyclic) bond motifs is 1. The van der Waals surface area contributed by atoms with E-state index in [0.29, 0.717) is 16.8 Å². The van der Waals surface area contributed by atoms with Crippen LogP contribution in [0.2, 0.25) is 0 Å². The van der Waals surface area contributed by atoms with Gasteiger partial charge in [0, 0.05) is 17.2 Å². The van der Waals surface area contributed by atoms with Crippen molar-refractivity contribution in [2.45, 2.75) is 6.42 Å². The summed E-state index contributed by atoms with van der Waals surface area (Å²) in [4.78, 5) is 16.9. The van der Waals surface area contributed by atoms with Gasteiger partial charge in [0.1, 0.15) is 17.4 Å². The Hall–Kier alpha value is -4.05. The standard InChI is InChI=1S/C22H13F2N3O2/c23-14-4-5-17(24)15(7-14)16-8-19-20(9-21(16)28)26-18(10-22(29)27-19)13-3-1-2-12(6-13)11-25/h1-9,28H,10H2,(H,27,29). The SMILES string of the molecule is N#Cc1cccc(C2=Nc3cc(O)c(-c4cc(F)ccc4F)cc3NC(=O)C2)c1. The lowest BCUT2D eigenvalue weighted by atomic mass is 10.0. The second kappa shape index (κ2) is 7.17. The van der Waals surface area contributed by atoms with Crippen molar-refractivity contribution in [3.05, 3.63) is 77.4 Å². The maximum absolute atomic E-state index is 14.2. The lowest BCUT2D eigenvalue weighted by molar-refractivity contribution is -0.115. The zero-order chi connectivity index (χ0) is 20.5. The predicted octanol–water partition coefficient (Wildman–Crippen LogP) is 4.67. The lowest BCUT2D eigenvalue weighted by Gasteiger charge is -2.11. The van der Waals surface area contributed by atoms with Crippen LogP contribution in [0.5, 0.6) is 5.75 Å². The molecule has 0 aliphatic carbocycles. The molecular formula is C22H13F2N3O2. The van der Waals surface area contributed by atoms with Crippen molar-refractivity contribution in [2.75, 3.05) is 5.32 Å². The van der Waals surface area contributed by atoms with Gasteiger partial charge in [0.15, 0.2) is 0 Å². The Labute approximate surface area is 164 Å². The van der Waals surface area contributed by atoms with Crippen LogP contribution in [-0.2, 0) is 4.79 Å². The quantitative estimate of drug-likeness (QED) is 0.625. The number of carbonyl (C=O) groups is 1. The minimum atomic E-state index is -0.709. The van der Waals surface area contributed by atoms with E-state index >= 15 is 0 Å². The van der Waals surface area contributed by atoms with E-state index in [9.17, 15) is 18.7 Å². The van der Waals surface area contributed by atoms with Gasteiger partial charge in [0.25, 0.3) is 0 Å². The van der Waals surface area contributed by atoms with Crippen LogP contribution >= 0.6 is 0 Å². The molecule has 142 valence electrons. The van der Waals surface area contributed by atoms with Crippen LogP contribution < -0.4 is 5.32 Å². The molecule has 2 N–H and O–H groups in total. The van der Waals surface area contributed by atoms with Gasteiger partial charge in [-0.15, -0.1) is 0 Å². The van der Waals surface area contributed by atoms with E-state index in [-0.39, 0.29) is 40.6 Å². The first-order valence-corrected chi connectivity index (χ1v) is 8.65. The molecule has 4 rings (SSSR count). The Morgan fingerprint density at radius 2 is 1.90 bits per heavy atom. The zero-order valence-electron chi connectivity index (χ0n) is 14.9. The minimum absolute atomic E-state index is 0.0335. The molecule has 0 unspecified atom stereocenters. The molecule has 0 atom stereocenters. The van der Waals surface area contributed by atoms with Crippen LogP contribution in [0.25, 0.3) is 11.1 Å². The Bertz CT molecular complexity index is 1230. The third-order valence-corrected chi connectivity index (χ3v) is 4.51. The van der Waals surface area contributed by atoms with Crippen LogP contribution in [0.15, 0.2) is 59.6 Å². The smallest absolute Gasteiger partial charge is 0.230 e. The van der Waals surface area contributed by atoms with E-state index in [0.717, 1.165) is 18.2 Å². The Morgan fingerprint density at radius 3 is 2.69 bits per heavy atom. The maximum Gasteiger partial charge on any atom is 0.230 e. The molecule has 3 aromatic carbocycles. The number of aliphatic imine (C=N–C) groups is 1. The van der Waals surface area contributed by atoms with Crippen LogP contribution in [0.3, 0.4) is 0 Å². The van der Waals surface area contributed by atoms with Crippen LogP contribution in [0.1, 0.15) is 17.5 Å². The average Bonchev–Trinajstić information content (AvgIpc) is 2.87. The number of phenolic OH excluding ortho intramolecular Hbond substituents is 1. The molecule has 0 spiro atoms. The molecule has 3 aromatic rings. The molecule has 0 bridgehead atoms. The summed E-state index contributed by atoms with van der Waals surface area (Å²) in [7, 11) is 0. The number of halogens is 2. The molecule has 0 saturated carbocycles. The first-order chi connectivity index (χ1) is 13.9. The van der Waals surface area contributed by atoms with Gasteiger partial charge >= 0.3 is 0 Å². The normalized spacial score (nSPS) is 13.0. The summed E-state index contributed by atoms with van der Waals surface area (Å²) in [6, 6.07) is 14.3. The number of hydrogen-bond acceptors (Lipinski definition) is 4. The summed E-state index contributed by atoms with van der Waals surface area (Å²) in [5.41, 5.74) is 1.88. The number of carbonyl (C=O) groups excluding carboxylic acids is 1. The van der Waals surface area contributed by atoms with Crippen LogP contribution in [0.4, 0.5) is 20.2 Å². The van der Waals surface area contributed by atoms with Gasteiger partial charge in [0.05, 0.1) is 35.1 Å². The topological polar surface area (TPSA) is 85.5 Å². The fourth-order valence-corrected chi connectivity index (χ4v) is 3.16. The van der Waals surface area contributed by atoms with Crippen LogP contribution in [0, 0.1) is 23.0 Å². The van der Waals surface area contributed by atoms with E-state index in [1.165, 1.54) is 12.1 Å². The summed E-state index contributed by atoms with van der Waals surface area (Å²) in [5, 5.41) is 22.2. The van der Waals surface area contributed by atoms with Crippen LogP contribution in [-0.4, -0.2) is 16.7 Å². The molecule has 0 aromatic heterocycles. The van der Waals surface area contributed by atoms with Crippen molar-refractivity contribution in [3.8, 4) is 22.9 Å². The van der Waals surface area contributed by atoms with Gasteiger partial charge in [-0.25, -0.2) is 13.8 Å². The van der Waals surface area contributed by atoms with Gasteiger partial charge in [-0.2, -0.15) is 5.26 Å². The van der Waals surface area contributed by atoms with Crippen molar-refractivity contribution in [1.29, 1.82) is 5.26 Å². The first kappa shape index (κ1) is 18.3. The molecule has 0 radical (unpaired) electrons. The van der Waals surface area contributed by atoms with Gasteiger partial charge in [-0.1, -0.05) is 12.1 Å². The zero-order valence-corrected chi connectivity index (χ0v) is 14.9. The summed E-state index contributed by atoms with van der Waals surface area (Å²) in [6.07, 6.45) is -0.0476. The number of aromatic hydroxyl groups is 1. The number of nitrogens with one attached hydrogen (secondary N) is 1. The van der Waals surface area contributed by atoms with E-state index in [2.05, 4.69) is 10.3 Å². The molecule has 1 aliphatic heterocycles. The Morgan fingerprint density at radius 1 is 1.07 bits per heavy atom. The summed E-state index contributed by atoms with van der Waals surface area (Å²) >= 11 is 0. The molecule has 1 amide bonds. The Kier molecular flexibility index (Phi) is 4.53. The molecule has 1 aliphatic rings. The van der Waals surface area contributed by atoms with Gasteiger partial charge in [-0.3, -0.25) is 4.79 Å². The van der Waals surface area contributed by atoms with Crippen molar-refractivity contribution >= 4 is 23.0 Å². The summed E-state index contributed by atoms with van der Waals surface area (Å²) < 4.78 is 27.7. The number of phenols is 1. The van der Waals surface area contributed by atoms with Gasteiger partial charge < -0.3 is 10.4 Å². The fraction of sp³-hybridized carbons (Fsp3) is 0.0455. The largest absolute Gasteiger partial charge is 0.507 e. The average molecular weight is 389 g/mol. The second-order valence-electron chi connectivity index (χ2n) is 6.49. The molecule has 0 fully saturated rings. The van der Waals surface area contributed by atoms with Gasteiger partial charge in [0.2, 0.25) is 5.91 Å². The van der Waals surface area contributed by atoms with E-state index in [1.54, 1.807) is 24.3 Å². The van der Waals surface area contributed by atoms with E-state index in [4.69, 9.17) is 5.26 Å². The lowest BCUT2D eigenvalue weighted by Crippen LogP contribution is -2.15. The number of nitrogens with zero attached hydrogens (tertiary/aromatic N) is 2. The second-order valence-corrected chi connectivity index (χ2v) is 6.49. The number of anilines is 1. The first-order valence-electron chi connectivity index (χ1n) is 8.65. The van der Waals surface area contributed by atoms with E-state index in [1.807, 2.05) is 6.07 Å². The highest BCUT2D eigenvalue weighted by Crippen LogP contribution is 2.40. The van der Waals surface area contributed by atoms with E-state index < -0.39 is 11.6 Å². The molecule has 0 saturated heterocycles. The maximum atomic E-state index is 14.2. The third kappa shape index (κ3) is 3.56. The number of nitriles is 1. The van der Waals surface area contributed by atoms with Crippen molar-refractivity contribution in [2.24, 2.45) is 4.99 Å². The van der Waals surface area contributed by atoms with Crippen molar-refractivity contribution < 1.29 is 18.7 Å².